The van der Waals surface area contributed by atoms with E-state index in [1.165, 1.54) is 59.9 Å². The Morgan fingerprint density at radius 2 is 1.10 bits per heavy atom. The summed E-state index contributed by atoms with van der Waals surface area (Å²) in [5, 5.41) is 7.59. The zero-order valence-electron chi connectivity index (χ0n) is 21.6. The Morgan fingerprint density at radius 3 is 1.90 bits per heavy atom. The minimum Gasteiger partial charge on any atom is -0.309 e. The molecule has 5 aromatic carbocycles. The second-order valence-corrected chi connectivity index (χ2v) is 10.4. The van der Waals surface area contributed by atoms with Gasteiger partial charge in [0.25, 0.3) is 0 Å². The number of nitrogens with zero attached hydrogens (tertiary/aromatic N) is 3. The predicted octanol–water partition coefficient (Wildman–Crippen LogP) is 9.56. The molecule has 4 heterocycles. The lowest BCUT2D eigenvalue weighted by atomic mass is 10.1. The maximum atomic E-state index is 4.62. The van der Waals surface area contributed by atoms with Gasteiger partial charge in [-0.1, -0.05) is 84.9 Å². The molecule has 9 aromatic rings. The number of hydrogen-bond acceptors (Lipinski definition) is 1. The van der Waals surface area contributed by atoms with Crippen molar-refractivity contribution >= 4 is 59.9 Å². The lowest BCUT2D eigenvalue weighted by Crippen LogP contribution is -1.95. The number of aromatic nitrogens is 3. The van der Waals surface area contributed by atoms with Crippen LogP contribution < -0.4 is 0 Å². The van der Waals surface area contributed by atoms with Crippen LogP contribution in [0.1, 0.15) is 0 Å². The molecule has 3 nitrogen and oxygen atoms in total. The van der Waals surface area contributed by atoms with Crippen molar-refractivity contribution in [2.75, 3.05) is 0 Å². The van der Waals surface area contributed by atoms with E-state index < -0.39 is 0 Å². The summed E-state index contributed by atoms with van der Waals surface area (Å²) >= 11 is 0. The Bertz CT molecular complexity index is 2430. The van der Waals surface area contributed by atoms with Crippen molar-refractivity contribution in [1.29, 1.82) is 0 Å². The average molecular weight is 510 g/mol. The summed E-state index contributed by atoms with van der Waals surface area (Å²) in [5.41, 5.74) is 9.32. The van der Waals surface area contributed by atoms with E-state index in [1.54, 1.807) is 0 Å². The largest absolute Gasteiger partial charge is 0.309 e. The zero-order chi connectivity index (χ0) is 26.2. The van der Waals surface area contributed by atoms with Gasteiger partial charge in [0.2, 0.25) is 0 Å². The van der Waals surface area contributed by atoms with Gasteiger partial charge in [-0.05, 0) is 53.9 Å². The number of para-hydroxylation sites is 2. The molecule has 0 aliphatic heterocycles. The van der Waals surface area contributed by atoms with Crippen LogP contribution in [0.3, 0.4) is 0 Å². The van der Waals surface area contributed by atoms with E-state index in [1.807, 2.05) is 18.3 Å². The van der Waals surface area contributed by atoms with Crippen molar-refractivity contribution in [1.82, 2.24) is 14.0 Å². The van der Waals surface area contributed by atoms with Crippen molar-refractivity contribution in [3.05, 3.63) is 140 Å². The van der Waals surface area contributed by atoms with Crippen molar-refractivity contribution < 1.29 is 0 Å². The first kappa shape index (κ1) is 21.5. The maximum Gasteiger partial charge on any atom is 0.0702 e. The summed E-state index contributed by atoms with van der Waals surface area (Å²) in [4.78, 5) is 4.62. The highest BCUT2D eigenvalue weighted by atomic mass is 15.0. The fourth-order valence-corrected chi connectivity index (χ4v) is 6.64. The molecule has 40 heavy (non-hydrogen) atoms. The van der Waals surface area contributed by atoms with Gasteiger partial charge in [-0.2, -0.15) is 0 Å². The Morgan fingerprint density at radius 1 is 0.425 bits per heavy atom. The Hall–Kier alpha value is -5.41. The highest BCUT2D eigenvalue weighted by molar-refractivity contribution is 6.22. The fraction of sp³-hybridized carbons (Fsp3) is 0. The molecule has 0 aliphatic rings. The van der Waals surface area contributed by atoms with Crippen LogP contribution in [0.15, 0.2) is 140 Å². The van der Waals surface area contributed by atoms with Crippen molar-refractivity contribution in [2.24, 2.45) is 0 Å². The maximum absolute atomic E-state index is 4.62. The van der Waals surface area contributed by atoms with Gasteiger partial charge >= 0.3 is 0 Å². The first-order chi connectivity index (χ1) is 19.9. The first-order valence-corrected chi connectivity index (χ1v) is 13.7. The van der Waals surface area contributed by atoms with Crippen LogP contribution in [0.5, 0.6) is 0 Å². The van der Waals surface area contributed by atoms with Gasteiger partial charge < -0.3 is 8.97 Å². The molecule has 0 unspecified atom stereocenters. The molecule has 0 saturated carbocycles. The standard InChI is InChI=1S/C37H23N3/c1-2-14-28-26(12-1)27-13-3-6-18-34(27)40-35-20-19-30-29-15-4-5-17-33(29)39(37(30)31(35)23-36(28)40)25-11-9-10-24(22-25)32-16-7-8-21-38-32/h1-23H. The molecule has 0 aliphatic carbocycles. The van der Waals surface area contributed by atoms with Crippen LogP contribution in [-0.2, 0) is 0 Å². The van der Waals surface area contributed by atoms with Gasteiger partial charge in [-0.15, -0.1) is 0 Å². The van der Waals surface area contributed by atoms with Gasteiger partial charge in [0.1, 0.15) is 0 Å². The lowest BCUT2D eigenvalue weighted by molar-refractivity contribution is 1.18. The van der Waals surface area contributed by atoms with E-state index in [9.17, 15) is 0 Å². The number of benzene rings is 5. The van der Waals surface area contributed by atoms with Crippen LogP contribution in [0, 0.1) is 0 Å². The van der Waals surface area contributed by atoms with Crippen LogP contribution in [0.25, 0.3) is 76.8 Å². The number of pyridine rings is 2. The third-order valence-corrected chi connectivity index (χ3v) is 8.32. The molecular formula is C37H23N3. The Kier molecular flexibility index (Phi) is 4.33. The van der Waals surface area contributed by atoms with Gasteiger partial charge in [0.15, 0.2) is 0 Å². The molecule has 4 aromatic heterocycles. The summed E-state index contributed by atoms with van der Waals surface area (Å²) in [6.07, 6.45) is 1.85. The van der Waals surface area contributed by atoms with E-state index >= 15 is 0 Å². The Balaban J connectivity index is 1.48. The Labute approximate surface area is 230 Å². The normalized spacial score (nSPS) is 12.0. The topological polar surface area (TPSA) is 22.2 Å². The van der Waals surface area contributed by atoms with Crippen molar-refractivity contribution in [3.63, 3.8) is 0 Å². The van der Waals surface area contributed by atoms with Gasteiger partial charge in [-0.25, -0.2) is 0 Å². The summed E-state index contributed by atoms with van der Waals surface area (Å²) in [5.74, 6) is 0. The van der Waals surface area contributed by atoms with E-state index in [4.69, 9.17) is 0 Å². The molecule has 0 amide bonds. The minimum atomic E-state index is 0.975. The summed E-state index contributed by atoms with van der Waals surface area (Å²) in [7, 11) is 0. The predicted molar refractivity (Wildman–Crippen MR) is 167 cm³/mol. The second-order valence-electron chi connectivity index (χ2n) is 10.4. The first-order valence-electron chi connectivity index (χ1n) is 13.7. The molecule has 0 spiro atoms. The van der Waals surface area contributed by atoms with E-state index in [0.29, 0.717) is 0 Å². The van der Waals surface area contributed by atoms with E-state index in [-0.39, 0.29) is 0 Å². The third-order valence-electron chi connectivity index (χ3n) is 8.32. The second kappa shape index (κ2) is 8.05. The summed E-state index contributed by atoms with van der Waals surface area (Å²) < 4.78 is 4.88. The quantitative estimate of drug-likeness (QED) is 0.213. The SMILES string of the molecule is c1ccc(-c2cccc(-n3c4ccccc4c4ccc5c(cc6c7ccccc7c7ccccc7n65)c43)c2)nc1. The molecular weight excluding hydrogens is 486 g/mol. The summed E-state index contributed by atoms with van der Waals surface area (Å²) in [6.45, 7) is 0. The molecule has 0 radical (unpaired) electrons. The third kappa shape index (κ3) is 2.86. The average Bonchev–Trinajstić information content (AvgIpc) is 3.59. The molecule has 3 heteroatoms. The monoisotopic (exact) mass is 509 g/mol. The van der Waals surface area contributed by atoms with Crippen LogP contribution in [0.4, 0.5) is 0 Å². The number of rotatable bonds is 2. The van der Waals surface area contributed by atoms with Crippen molar-refractivity contribution in [3.8, 4) is 16.9 Å². The van der Waals surface area contributed by atoms with Crippen LogP contribution >= 0.6 is 0 Å². The molecule has 0 N–H and O–H groups in total. The van der Waals surface area contributed by atoms with E-state index in [2.05, 4.69) is 135 Å². The molecule has 186 valence electrons. The van der Waals surface area contributed by atoms with E-state index in [0.717, 1.165) is 16.9 Å². The molecule has 0 atom stereocenters. The highest BCUT2D eigenvalue weighted by Gasteiger charge is 2.19. The fourth-order valence-electron chi connectivity index (χ4n) is 6.64. The molecule has 0 fully saturated rings. The minimum absolute atomic E-state index is 0.975. The number of hydrogen-bond donors (Lipinski definition) is 0. The highest BCUT2D eigenvalue weighted by Crippen LogP contribution is 2.41. The lowest BCUT2D eigenvalue weighted by Gasteiger charge is -2.11. The van der Waals surface area contributed by atoms with Gasteiger partial charge in [0, 0.05) is 44.4 Å². The number of fused-ring (bicyclic) bond motifs is 12. The van der Waals surface area contributed by atoms with Crippen molar-refractivity contribution in [2.45, 2.75) is 0 Å². The molecule has 9 rings (SSSR count). The smallest absolute Gasteiger partial charge is 0.0702 e. The van der Waals surface area contributed by atoms with Gasteiger partial charge in [-0.3, -0.25) is 4.98 Å². The van der Waals surface area contributed by atoms with Crippen LogP contribution in [-0.4, -0.2) is 14.0 Å². The molecule has 0 saturated heterocycles. The van der Waals surface area contributed by atoms with Gasteiger partial charge in [0.05, 0.1) is 33.3 Å². The molecule has 0 bridgehead atoms. The zero-order valence-corrected chi connectivity index (χ0v) is 21.6. The van der Waals surface area contributed by atoms with Crippen LogP contribution in [0.2, 0.25) is 0 Å². The summed E-state index contributed by atoms with van der Waals surface area (Å²) in [6, 6.07) is 48.1.